The number of hydrogen-bond donors (Lipinski definition) is 1. The van der Waals surface area contributed by atoms with Crippen molar-refractivity contribution in [2.24, 2.45) is 13.0 Å². The van der Waals surface area contributed by atoms with E-state index < -0.39 is 0 Å². The van der Waals surface area contributed by atoms with Gasteiger partial charge in [0.25, 0.3) is 11.1 Å². The van der Waals surface area contributed by atoms with Crippen LogP contribution in [0.1, 0.15) is 12.8 Å². The second-order valence-electron chi connectivity index (χ2n) is 7.43. The maximum atomic E-state index is 12.7. The van der Waals surface area contributed by atoms with Crippen molar-refractivity contribution in [3.8, 4) is 5.82 Å². The molecule has 11 heteroatoms. The van der Waals surface area contributed by atoms with E-state index in [9.17, 15) is 14.4 Å². The van der Waals surface area contributed by atoms with Crippen molar-refractivity contribution in [3.05, 3.63) is 63.4 Å². The molecular weight excluding hydrogens is 400 g/mol. The van der Waals surface area contributed by atoms with Gasteiger partial charge in [0.15, 0.2) is 5.82 Å². The van der Waals surface area contributed by atoms with Gasteiger partial charge >= 0.3 is 0 Å². The molecule has 0 aliphatic carbocycles. The topological polar surface area (TPSA) is 120 Å². The normalized spacial score (nSPS) is 16.3. The van der Waals surface area contributed by atoms with Crippen LogP contribution in [-0.2, 0) is 18.4 Å². The molecule has 0 aromatic carbocycles. The standard InChI is InChI=1S/C20H24N8O3/c1-25-18(29)7-5-16(23-25)26-11-2-4-15(14-26)20(31)21-10-13-28-19(30)8-6-17(24-28)27-12-3-9-22-27/h3,5-9,12,15H,2,4,10-11,13-14H2,1H3,(H,21,31)/t15-/m1/s1. The van der Waals surface area contributed by atoms with Crippen molar-refractivity contribution in [2.75, 3.05) is 24.5 Å². The second-order valence-corrected chi connectivity index (χ2v) is 7.43. The molecule has 1 aliphatic rings. The summed E-state index contributed by atoms with van der Waals surface area (Å²) in [5, 5.41) is 15.6. The van der Waals surface area contributed by atoms with Crippen molar-refractivity contribution < 1.29 is 4.79 Å². The van der Waals surface area contributed by atoms with E-state index >= 15 is 0 Å². The molecule has 3 aromatic rings. The summed E-state index contributed by atoms with van der Waals surface area (Å²) in [6, 6.07) is 7.98. The summed E-state index contributed by atoms with van der Waals surface area (Å²) in [6.45, 7) is 1.87. The Hall–Kier alpha value is -3.76. The van der Waals surface area contributed by atoms with E-state index in [0.29, 0.717) is 24.7 Å². The Bertz CT molecular complexity index is 1170. The van der Waals surface area contributed by atoms with Crippen molar-refractivity contribution in [1.82, 2.24) is 34.7 Å². The number of anilines is 1. The smallest absolute Gasteiger partial charge is 0.266 e. The first-order valence-corrected chi connectivity index (χ1v) is 10.2. The molecular formula is C20H24N8O3. The van der Waals surface area contributed by atoms with Crippen molar-refractivity contribution in [1.29, 1.82) is 0 Å². The van der Waals surface area contributed by atoms with Crippen molar-refractivity contribution >= 4 is 11.7 Å². The maximum absolute atomic E-state index is 12.7. The molecule has 0 unspecified atom stereocenters. The summed E-state index contributed by atoms with van der Waals surface area (Å²) >= 11 is 0. The number of aromatic nitrogens is 6. The Morgan fingerprint density at radius 2 is 1.94 bits per heavy atom. The first-order valence-electron chi connectivity index (χ1n) is 10.2. The molecule has 1 atom stereocenters. The van der Waals surface area contributed by atoms with Crippen LogP contribution in [0, 0.1) is 5.92 Å². The number of aryl methyl sites for hydroxylation is 1. The zero-order valence-electron chi connectivity index (χ0n) is 17.2. The molecule has 31 heavy (non-hydrogen) atoms. The molecule has 1 saturated heterocycles. The molecule has 1 aliphatic heterocycles. The highest BCUT2D eigenvalue weighted by Crippen LogP contribution is 2.20. The molecule has 1 N–H and O–H groups in total. The van der Waals surface area contributed by atoms with Gasteiger partial charge in [-0.15, -0.1) is 5.10 Å². The van der Waals surface area contributed by atoms with Crippen LogP contribution < -0.4 is 21.3 Å². The molecule has 0 saturated carbocycles. The van der Waals surface area contributed by atoms with Gasteiger partial charge in [-0.25, -0.2) is 14.0 Å². The minimum Gasteiger partial charge on any atom is -0.354 e. The monoisotopic (exact) mass is 424 g/mol. The van der Waals surface area contributed by atoms with Crippen LogP contribution in [0.15, 0.2) is 52.3 Å². The number of nitrogens with one attached hydrogen (secondary N) is 1. The third kappa shape index (κ3) is 4.71. The fourth-order valence-electron chi connectivity index (χ4n) is 3.61. The molecule has 1 fully saturated rings. The van der Waals surface area contributed by atoms with Crippen LogP contribution in [0.5, 0.6) is 0 Å². The Morgan fingerprint density at radius 1 is 1.13 bits per heavy atom. The molecule has 4 rings (SSSR count). The summed E-state index contributed by atoms with van der Waals surface area (Å²) in [6.07, 6.45) is 5.01. The van der Waals surface area contributed by atoms with Gasteiger partial charge in [-0.2, -0.15) is 10.2 Å². The lowest BCUT2D eigenvalue weighted by molar-refractivity contribution is -0.125. The Labute approximate surface area is 177 Å². The Balaban J connectivity index is 1.34. The van der Waals surface area contributed by atoms with Crippen molar-refractivity contribution in [3.63, 3.8) is 0 Å². The average Bonchev–Trinajstić information content (AvgIpc) is 3.32. The first kappa shape index (κ1) is 20.5. The fraction of sp³-hybridized carbons (Fsp3) is 0.400. The third-order valence-electron chi connectivity index (χ3n) is 5.28. The van der Waals surface area contributed by atoms with E-state index in [1.807, 2.05) is 4.90 Å². The molecule has 11 nitrogen and oxygen atoms in total. The van der Waals surface area contributed by atoms with E-state index in [4.69, 9.17) is 0 Å². The highest BCUT2D eigenvalue weighted by atomic mass is 16.2. The van der Waals surface area contributed by atoms with Gasteiger partial charge in [0.2, 0.25) is 5.91 Å². The van der Waals surface area contributed by atoms with Gasteiger partial charge in [0, 0.05) is 51.2 Å². The fourth-order valence-corrected chi connectivity index (χ4v) is 3.61. The second kappa shape index (κ2) is 8.94. The predicted octanol–water partition coefficient (Wildman–Crippen LogP) is -0.444. The molecule has 162 valence electrons. The zero-order valence-corrected chi connectivity index (χ0v) is 17.2. The summed E-state index contributed by atoms with van der Waals surface area (Å²) in [5.41, 5.74) is -0.412. The zero-order chi connectivity index (χ0) is 21.8. The summed E-state index contributed by atoms with van der Waals surface area (Å²) in [7, 11) is 1.61. The van der Waals surface area contributed by atoms with Gasteiger partial charge < -0.3 is 10.2 Å². The maximum Gasteiger partial charge on any atom is 0.266 e. The van der Waals surface area contributed by atoms with Gasteiger partial charge in [0.1, 0.15) is 5.82 Å². The Kier molecular flexibility index (Phi) is 5.92. The van der Waals surface area contributed by atoms with Gasteiger partial charge in [-0.3, -0.25) is 14.4 Å². The number of carbonyl (C=O) groups is 1. The lowest BCUT2D eigenvalue weighted by atomic mass is 9.97. The van der Waals surface area contributed by atoms with Gasteiger partial charge in [-0.05, 0) is 31.0 Å². The number of rotatable bonds is 6. The molecule has 4 heterocycles. The van der Waals surface area contributed by atoms with Crippen LogP contribution in [-0.4, -0.2) is 54.9 Å². The van der Waals surface area contributed by atoms with Gasteiger partial charge in [-0.1, -0.05) is 0 Å². The van der Waals surface area contributed by atoms with Gasteiger partial charge in [0.05, 0.1) is 12.5 Å². The largest absolute Gasteiger partial charge is 0.354 e. The predicted molar refractivity (Wildman–Crippen MR) is 113 cm³/mol. The highest BCUT2D eigenvalue weighted by molar-refractivity contribution is 5.79. The minimum atomic E-state index is -0.241. The third-order valence-corrected chi connectivity index (χ3v) is 5.28. The molecule has 0 bridgehead atoms. The molecule has 3 aromatic heterocycles. The lowest BCUT2D eigenvalue weighted by Gasteiger charge is -2.32. The quantitative estimate of drug-likeness (QED) is 0.569. The van der Waals surface area contributed by atoms with E-state index in [1.54, 1.807) is 42.3 Å². The van der Waals surface area contributed by atoms with Crippen LogP contribution in [0.2, 0.25) is 0 Å². The number of amides is 1. The summed E-state index contributed by atoms with van der Waals surface area (Å²) < 4.78 is 4.18. The van der Waals surface area contributed by atoms with E-state index in [-0.39, 0.29) is 29.5 Å². The SMILES string of the molecule is Cn1nc(N2CCC[C@@H](C(=O)NCCn3nc(-n4cccn4)ccc3=O)C2)ccc1=O. The summed E-state index contributed by atoms with van der Waals surface area (Å²) in [4.78, 5) is 38.4. The lowest BCUT2D eigenvalue weighted by Crippen LogP contribution is -2.44. The number of piperidine rings is 1. The Morgan fingerprint density at radius 3 is 2.71 bits per heavy atom. The van der Waals surface area contributed by atoms with E-state index in [0.717, 1.165) is 19.4 Å². The number of carbonyl (C=O) groups excluding carboxylic acids is 1. The average molecular weight is 424 g/mol. The number of hydrogen-bond acceptors (Lipinski definition) is 7. The van der Waals surface area contributed by atoms with E-state index in [1.165, 1.54) is 21.5 Å². The van der Waals surface area contributed by atoms with Crippen LogP contribution in [0.3, 0.4) is 0 Å². The van der Waals surface area contributed by atoms with Crippen molar-refractivity contribution in [2.45, 2.75) is 19.4 Å². The highest BCUT2D eigenvalue weighted by Gasteiger charge is 2.26. The molecule has 0 spiro atoms. The van der Waals surface area contributed by atoms with Crippen LogP contribution >= 0.6 is 0 Å². The molecule has 0 radical (unpaired) electrons. The summed E-state index contributed by atoms with van der Waals surface area (Å²) in [5.74, 6) is 0.966. The van der Waals surface area contributed by atoms with E-state index in [2.05, 4.69) is 20.6 Å². The number of nitrogens with zero attached hydrogens (tertiary/aromatic N) is 7. The van der Waals surface area contributed by atoms with Crippen LogP contribution in [0.25, 0.3) is 5.82 Å². The van der Waals surface area contributed by atoms with Crippen LogP contribution in [0.4, 0.5) is 5.82 Å². The minimum absolute atomic E-state index is 0.0641. The first-order chi connectivity index (χ1) is 15.0. The molecule has 1 amide bonds.